The maximum atomic E-state index is 13.2. The summed E-state index contributed by atoms with van der Waals surface area (Å²) in [4.78, 5) is 24.7. The summed E-state index contributed by atoms with van der Waals surface area (Å²) in [6.07, 6.45) is 0.245. The van der Waals surface area contributed by atoms with Gasteiger partial charge in [0.25, 0.3) is 5.91 Å². The van der Waals surface area contributed by atoms with Gasteiger partial charge in [0.15, 0.2) is 5.60 Å². The highest BCUT2D eigenvalue weighted by molar-refractivity contribution is 9.10. The summed E-state index contributed by atoms with van der Waals surface area (Å²) in [5.41, 5.74) is 0.140. The maximum absolute atomic E-state index is 13.2. The SMILES string of the molecule is CC1(C(=O)Nc2cccc(F)c2)Cc2cc(Br)ccc2C(=O)O1. The van der Waals surface area contributed by atoms with Crippen molar-refractivity contribution in [3.63, 3.8) is 0 Å². The lowest BCUT2D eigenvalue weighted by Crippen LogP contribution is -2.48. The van der Waals surface area contributed by atoms with Gasteiger partial charge in [-0.25, -0.2) is 9.18 Å². The van der Waals surface area contributed by atoms with Gasteiger partial charge in [-0.1, -0.05) is 22.0 Å². The number of anilines is 1. The predicted octanol–water partition coefficient (Wildman–Crippen LogP) is 3.70. The van der Waals surface area contributed by atoms with Crippen LogP contribution < -0.4 is 5.32 Å². The summed E-state index contributed by atoms with van der Waals surface area (Å²) < 4.78 is 19.4. The first-order valence-corrected chi connectivity index (χ1v) is 7.75. The van der Waals surface area contributed by atoms with Crippen LogP contribution in [0.4, 0.5) is 10.1 Å². The molecular formula is C17H13BrFNO3. The number of hydrogen-bond donors (Lipinski definition) is 1. The molecular weight excluding hydrogens is 365 g/mol. The van der Waals surface area contributed by atoms with Crippen molar-refractivity contribution in [2.75, 3.05) is 5.32 Å². The number of nitrogens with one attached hydrogen (secondary N) is 1. The normalized spacial score (nSPS) is 19.7. The molecule has 2 aromatic carbocycles. The zero-order valence-electron chi connectivity index (χ0n) is 12.2. The zero-order valence-corrected chi connectivity index (χ0v) is 13.8. The molecule has 0 bridgehead atoms. The van der Waals surface area contributed by atoms with Gasteiger partial charge in [-0.2, -0.15) is 0 Å². The van der Waals surface area contributed by atoms with E-state index in [0.29, 0.717) is 11.3 Å². The van der Waals surface area contributed by atoms with E-state index >= 15 is 0 Å². The highest BCUT2D eigenvalue weighted by Crippen LogP contribution is 2.31. The van der Waals surface area contributed by atoms with E-state index in [2.05, 4.69) is 21.2 Å². The van der Waals surface area contributed by atoms with Gasteiger partial charge in [-0.05, 0) is 48.9 Å². The molecule has 0 aliphatic carbocycles. The van der Waals surface area contributed by atoms with Crippen molar-refractivity contribution >= 4 is 33.5 Å². The minimum Gasteiger partial charge on any atom is -0.445 e. The van der Waals surface area contributed by atoms with E-state index < -0.39 is 23.3 Å². The summed E-state index contributed by atoms with van der Waals surface area (Å²) in [6, 6.07) is 10.7. The molecule has 4 nitrogen and oxygen atoms in total. The molecule has 0 saturated carbocycles. The fourth-order valence-corrected chi connectivity index (χ4v) is 2.93. The molecule has 0 aromatic heterocycles. The second kappa shape index (κ2) is 5.77. The molecule has 0 spiro atoms. The molecule has 1 atom stereocenters. The number of ether oxygens (including phenoxy) is 1. The number of amides is 1. The molecule has 0 fully saturated rings. The van der Waals surface area contributed by atoms with Crippen molar-refractivity contribution in [1.82, 2.24) is 0 Å². The Hall–Kier alpha value is -2.21. The highest BCUT2D eigenvalue weighted by Gasteiger charge is 2.42. The Morgan fingerprint density at radius 1 is 1.30 bits per heavy atom. The van der Waals surface area contributed by atoms with Crippen molar-refractivity contribution in [1.29, 1.82) is 0 Å². The third kappa shape index (κ3) is 3.12. The van der Waals surface area contributed by atoms with Gasteiger partial charge >= 0.3 is 5.97 Å². The Bertz CT molecular complexity index is 808. The molecule has 2 aromatic rings. The molecule has 118 valence electrons. The number of esters is 1. The monoisotopic (exact) mass is 377 g/mol. The van der Waals surface area contributed by atoms with Gasteiger partial charge < -0.3 is 10.1 Å². The molecule has 1 N–H and O–H groups in total. The minimum atomic E-state index is -1.35. The molecule has 6 heteroatoms. The molecule has 3 rings (SSSR count). The van der Waals surface area contributed by atoms with E-state index in [9.17, 15) is 14.0 Å². The van der Waals surface area contributed by atoms with Gasteiger partial charge in [0.2, 0.25) is 0 Å². The summed E-state index contributed by atoms with van der Waals surface area (Å²) >= 11 is 3.35. The van der Waals surface area contributed by atoms with E-state index in [1.807, 2.05) is 0 Å². The summed E-state index contributed by atoms with van der Waals surface area (Å²) in [5.74, 6) is -1.50. The Balaban J connectivity index is 1.87. The molecule has 1 aliphatic rings. The van der Waals surface area contributed by atoms with Crippen LogP contribution in [0.25, 0.3) is 0 Å². The molecule has 23 heavy (non-hydrogen) atoms. The Kier molecular flexibility index (Phi) is 3.93. The number of rotatable bonds is 2. The maximum Gasteiger partial charge on any atom is 0.339 e. The van der Waals surface area contributed by atoms with Gasteiger partial charge in [-0.15, -0.1) is 0 Å². The van der Waals surface area contributed by atoms with Crippen molar-refractivity contribution in [2.24, 2.45) is 0 Å². The molecule has 1 heterocycles. The molecule has 1 amide bonds. The lowest BCUT2D eigenvalue weighted by Gasteiger charge is -2.33. The summed E-state index contributed by atoms with van der Waals surface area (Å²) in [6.45, 7) is 1.55. The quantitative estimate of drug-likeness (QED) is 0.811. The third-order valence-electron chi connectivity index (χ3n) is 3.70. The fraction of sp³-hybridized carbons (Fsp3) is 0.176. The summed E-state index contributed by atoms with van der Waals surface area (Å²) in [5, 5.41) is 2.59. The number of fused-ring (bicyclic) bond motifs is 1. The number of carbonyl (C=O) groups excluding carboxylic acids is 2. The Labute approximate surface area is 140 Å². The number of hydrogen-bond acceptors (Lipinski definition) is 3. The minimum absolute atomic E-state index is 0.245. The number of halogens is 2. The van der Waals surface area contributed by atoms with Crippen LogP contribution in [0.3, 0.4) is 0 Å². The molecule has 1 unspecified atom stereocenters. The first-order valence-electron chi connectivity index (χ1n) is 6.96. The fourth-order valence-electron chi connectivity index (χ4n) is 2.52. The highest BCUT2D eigenvalue weighted by atomic mass is 79.9. The first-order chi connectivity index (χ1) is 10.9. The predicted molar refractivity (Wildman–Crippen MR) is 86.7 cm³/mol. The van der Waals surface area contributed by atoms with E-state index in [1.54, 1.807) is 31.2 Å². The van der Waals surface area contributed by atoms with Crippen molar-refractivity contribution in [3.05, 3.63) is 63.9 Å². The zero-order chi connectivity index (χ0) is 16.6. The largest absolute Gasteiger partial charge is 0.445 e. The van der Waals surface area contributed by atoms with Gasteiger partial charge in [0, 0.05) is 16.6 Å². The van der Waals surface area contributed by atoms with Crippen LogP contribution in [0.15, 0.2) is 46.9 Å². The first kappa shape index (κ1) is 15.7. The van der Waals surface area contributed by atoms with Crippen molar-refractivity contribution in [2.45, 2.75) is 18.9 Å². The van der Waals surface area contributed by atoms with Crippen LogP contribution in [-0.2, 0) is 16.0 Å². The van der Waals surface area contributed by atoms with E-state index in [0.717, 1.165) is 10.0 Å². The standard InChI is InChI=1S/C17H13BrFNO3/c1-17(16(22)20-13-4-2-3-12(19)8-13)9-10-7-11(18)5-6-14(10)15(21)23-17/h2-8H,9H2,1H3,(H,20,22). The van der Waals surface area contributed by atoms with E-state index in [1.165, 1.54) is 18.2 Å². The van der Waals surface area contributed by atoms with Crippen LogP contribution in [-0.4, -0.2) is 17.5 Å². The lowest BCUT2D eigenvalue weighted by atomic mass is 9.89. The van der Waals surface area contributed by atoms with Crippen LogP contribution in [0, 0.1) is 5.82 Å². The van der Waals surface area contributed by atoms with Gasteiger partial charge in [0.1, 0.15) is 5.82 Å². The Morgan fingerprint density at radius 2 is 2.09 bits per heavy atom. The van der Waals surface area contributed by atoms with Crippen LogP contribution in [0.2, 0.25) is 0 Å². The van der Waals surface area contributed by atoms with Crippen LogP contribution >= 0.6 is 15.9 Å². The third-order valence-corrected chi connectivity index (χ3v) is 4.19. The van der Waals surface area contributed by atoms with Crippen molar-refractivity contribution in [3.8, 4) is 0 Å². The van der Waals surface area contributed by atoms with E-state index in [-0.39, 0.29) is 6.42 Å². The summed E-state index contributed by atoms with van der Waals surface area (Å²) in [7, 11) is 0. The lowest BCUT2D eigenvalue weighted by molar-refractivity contribution is -0.134. The second-order valence-corrected chi connectivity index (χ2v) is 6.48. The molecule has 0 radical (unpaired) electrons. The second-order valence-electron chi connectivity index (χ2n) is 5.56. The average Bonchev–Trinajstić information content (AvgIpc) is 2.46. The van der Waals surface area contributed by atoms with Crippen LogP contribution in [0.1, 0.15) is 22.8 Å². The van der Waals surface area contributed by atoms with Gasteiger partial charge in [-0.3, -0.25) is 4.79 Å². The topological polar surface area (TPSA) is 55.4 Å². The molecule has 0 saturated heterocycles. The van der Waals surface area contributed by atoms with Gasteiger partial charge in [0.05, 0.1) is 5.56 Å². The smallest absolute Gasteiger partial charge is 0.339 e. The number of benzene rings is 2. The van der Waals surface area contributed by atoms with E-state index in [4.69, 9.17) is 4.74 Å². The van der Waals surface area contributed by atoms with Crippen molar-refractivity contribution < 1.29 is 18.7 Å². The average molecular weight is 378 g/mol. The number of cyclic esters (lactones) is 1. The molecule has 1 aliphatic heterocycles. The Morgan fingerprint density at radius 3 is 2.83 bits per heavy atom. The number of carbonyl (C=O) groups is 2. The van der Waals surface area contributed by atoms with Crippen LogP contribution in [0.5, 0.6) is 0 Å².